The zero-order valence-electron chi connectivity index (χ0n) is 12.5. The van der Waals surface area contributed by atoms with Crippen LogP contribution in [0.5, 0.6) is 11.5 Å². The van der Waals surface area contributed by atoms with Crippen LogP contribution in [0.2, 0.25) is 0 Å². The van der Waals surface area contributed by atoms with E-state index >= 15 is 0 Å². The highest BCUT2D eigenvalue weighted by molar-refractivity contribution is 5.43. The van der Waals surface area contributed by atoms with Crippen LogP contribution in [0, 0.1) is 17.8 Å². The van der Waals surface area contributed by atoms with Crippen LogP contribution in [0.4, 0.5) is 0 Å². The number of hydrogen-bond acceptors (Lipinski definition) is 3. The highest BCUT2D eigenvalue weighted by Gasteiger charge is 2.38. The molecule has 1 aromatic carbocycles. The third kappa shape index (κ3) is 2.55. The van der Waals surface area contributed by atoms with E-state index in [0.29, 0.717) is 19.3 Å². The highest BCUT2D eigenvalue weighted by Crippen LogP contribution is 2.44. The van der Waals surface area contributed by atoms with Crippen molar-refractivity contribution < 1.29 is 9.47 Å². The first kappa shape index (κ1) is 13.2. The highest BCUT2D eigenvalue weighted by atomic mass is 16.6. The van der Waals surface area contributed by atoms with E-state index in [1.807, 2.05) is 6.07 Å². The van der Waals surface area contributed by atoms with Gasteiger partial charge < -0.3 is 14.8 Å². The molecule has 1 aromatic rings. The molecule has 21 heavy (non-hydrogen) atoms. The Morgan fingerprint density at radius 3 is 2.76 bits per heavy atom. The fourth-order valence-corrected chi connectivity index (χ4v) is 4.03. The van der Waals surface area contributed by atoms with Gasteiger partial charge in [0.05, 0.1) is 0 Å². The Morgan fingerprint density at radius 1 is 1.14 bits per heavy atom. The van der Waals surface area contributed by atoms with Gasteiger partial charge in [0.15, 0.2) is 11.5 Å². The second-order valence-electron chi connectivity index (χ2n) is 6.59. The first-order valence-corrected chi connectivity index (χ1v) is 8.10. The molecular weight excluding hydrogens is 262 g/mol. The molecule has 1 heterocycles. The third-order valence-corrected chi connectivity index (χ3v) is 5.21. The molecule has 0 radical (unpaired) electrons. The van der Waals surface area contributed by atoms with Crippen molar-refractivity contribution in [3.05, 3.63) is 35.9 Å². The molecule has 1 saturated carbocycles. The summed E-state index contributed by atoms with van der Waals surface area (Å²) in [6.07, 6.45) is 7.58. The Kier molecular flexibility index (Phi) is 3.38. The van der Waals surface area contributed by atoms with Crippen molar-refractivity contribution in [2.24, 2.45) is 17.8 Å². The van der Waals surface area contributed by atoms with Crippen LogP contribution in [-0.4, -0.2) is 19.3 Å². The van der Waals surface area contributed by atoms with Gasteiger partial charge in [-0.15, -0.1) is 0 Å². The normalized spacial score (nSPS) is 30.6. The van der Waals surface area contributed by atoms with Crippen LogP contribution in [0.1, 0.15) is 25.3 Å². The molecule has 3 aliphatic rings. The zero-order valence-corrected chi connectivity index (χ0v) is 12.5. The molecule has 3 nitrogen and oxygen atoms in total. The quantitative estimate of drug-likeness (QED) is 0.862. The number of rotatable bonds is 4. The van der Waals surface area contributed by atoms with Gasteiger partial charge in [-0.3, -0.25) is 0 Å². The zero-order chi connectivity index (χ0) is 14.2. The molecule has 2 aliphatic carbocycles. The molecule has 4 rings (SSSR count). The lowest BCUT2D eigenvalue weighted by molar-refractivity contribution is 0.171. The SMILES string of the molecule is CC(NCc1ccc2c(c1)OCCO2)C1CC2C=CC1C2. The second kappa shape index (κ2) is 5.38. The van der Waals surface area contributed by atoms with Gasteiger partial charge >= 0.3 is 0 Å². The number of nitrogens with one attached hydrogen (secondary N) is 1. The molecule has 1 aliphatic heterocycles. The first-order valence-electron chi connectivity index (χ1n) is 8.10. The minimum absolute atomic E-state index is 0.568. The van der Waals surface area contributed by atoms with Crippen molar-refractivity contribution in [2.75, 3.05) is 13.2 Å². The van der Waals surface area contributed by atoms with Crippen LogP contribution >= 0.6 is 0 Å². The summed E-state index contributed by atoms with van der Waals surface area (Å²) in [5.41, 5.74) is 1.27. The first-order chi connectivity index (χ1) is 10.3. The molecule has 0 amide bonds. The number of allylic oxidation sites excluding steroid dienone is 2. The van der Waals surface area contributed by atoms with Crippen molar-refractivity contribution in [1.29, 1.82) is 0 Å². The summed E-state index contributed by atoms with van der Waals surface area (Å²) in [6, 6.07) is 6.83. The lowest BCUT2D eigenvalue weighted by atomic mass is 9.87. The van der Waals surface area contributed by atoms with E-state index in [9.17, 15) is 0 Å². The predicted octanol–water partition coefficient (Wildman–Crippen LogP) is 3.15. The number of ether oxygens (including phenoxy) is 2. The minimum Gasteiger partial charge on any atom is -0.486 e. The summed E-state index contributed by atoms with van der Waals surface area (Å²) in [7, 11) is 0. The van der Waals surface area contributed by atoms with E-state index in [0.717, 1.165) is 35.8 Å². The van der Waals surface area contributed by atoms with E-state index in [-0.39, 0.29) is 0 Å². The van der Waals surface area contributed by atoms with Gasteiger partial charge in [0, 0.05) is 12.6 Å². The third-order valence-electron chi connectivity index (χ3n) is 5.21. The van der Waals surface area contributed by atoms with E-state index in [2.05, 4.69) is 36.5 Å². The molecule has 112 valence electrons. The summed E-state index contributed by atoms with van der Waals surface area (Å²) >= 11 is 0. The maximum Gasteiger partial charge on any atom is 0.161 e. The van der Waals surface area contributed by atoms with Crippen molar-refractivity contribution >= 4 is 0 Å². The molecule has 4 atom stereocenters. The molecule has 1 fully saturated rings. The van der Waals surface area contributed by atoms with Gasteiger partial charge in [-0.2, -0.15) is 0 Å². The Balaban J connectivity index is 1.37. The van der Waals surface area contributed by atoms with Gasteiger partial charge in [0.2, 0.25) is 0 Å². The Hall–Kier alpha value is -1.48. The van der Waals surface area contributed by atoms with Gasteiger partial charge in [-0.25, -0.2) is 0 Å². The standard InChI is InChI=1S/C18H23NO2/c1-12(16-9-13-2-4-15(16)8-13)19-11-14-3-5-17-18(10-14)21-7-6-20-17/h2-5,10,12-13,15-16,19H,6-9,11H2,1H3. The summed E-state index contributed by atoms with van der Waals surface area (Å²) in [5, 5.41) is 3.70. The van der Waals surface area contributed by atoms with Crippen molar-refractivity contribution in [3.63, 3.8) is 0 Å². The average molecular weight is 285 g/mol. The smallest absolute Gasteiger partial charge is 0.161 e. The Bertz CT molecular complexity index is 554. The molecule has 1 N–H and O–H groups in total. The maximum atomic E-state index is 5.65. The minimum atomic E-state index is 0.568. The van der Waals surface area contributed by atoms with Crippen LogP contribution in [-0.2, 0) is 6.54 Å². The molecule has 3 heteroatoms. The molecule has 0 spiro atoms. The van der Waals surface area contributed by atoms with Crippen molar-refractivity contribution in [3.8, 4) is 11.5 Å². The van der Waals surface area contributed by atoms with Gasteiger partial charge in [0.25, 0.3) is 0 Å². The molecule has 0 saturated heterocycles. The van der Waals surface area contributed by atoms with Gasteiger partial charge in [-0.05, 0) is 55.2 Å². The summed E-state index contributed by atoms with van der Waals surface area (Å²) in [6.45, 7) is 4.53. The fraction of sp³-hybridized carbons (Fsp3) is 0.556. The Labute approximate surface area is 126 Å². The van der Waals surface area contributed by atoms with E-state index in [1.54, 1.807) is 0 Å². The van der Waals surface area contributed by atoms with Gasteiger partial charge in [-0.1, -0.05) is 18.2 Å². The average Bonchev–Trinajstić information content (AvgIpc) is 3.15. The Morgan fingerprint density at radius 2 is 2.00 bits per heavy atom. The van der Waals surface area contributed by atoms with Crippen LogP contribution < -0.4 is 14.8 Å². The molecule has 2 bridgehead atoms. The summed E-state index contributed by atoms with van der Waals surface area (Å²) in [5.74, 6) is 4.21. The van der Waals surface area contributed by atoms with Crippen LogP contribution in [0.25, 0.3) is 0 Å². The summed E-state index contributed by atoms with van der Waals surface area (Å²) < 4.78 is 11.2. The van der Waals surface area contributed by atoms with Crippen molar-refractivity contribution in [1.82, 2.24) is 5.32 Å². The monoisotopic (exact) mass is 285 g/mol. The molecule has 0 aromatic heterocycles. The van der Waals surface area contributed by atoms with Crippen LogP contribution in [0.15, 0.2) is 30.4 Å². The maximum absolute atomic E-state index is 5.65. The topological polar surface area (TPSA) is 30.5 Å². The lowest BCUT2D eigenvalue weighted by Gasteiger charge is -2.26. The molecule has 4 unspecified atom stereocenters. The number of benzene rings is 1. The van der Waals surface area contributed by atoms with Crippen molar-refractivity contribution in [2.45, 2.75) is 32.4 Å². The second-order valence-corrected chi connectivity index (χ2v) is 6.59. The lowest BCUT2D eigenvalue weighted by Crippen LogP contribution is -2.35. The number of fused-ring (bicyclic) bond motifs is 3. The summed E-state index contributed by atoms with van der Waals surface area (Å²) in [4.78, 5) is 0. The van der Waals surface area contributed by atoms with E-state index in [4.69, 9.17) is 9.47 Å². The van der Waals surface area contributed by atoms with E-state index < -0.39 is 0 Å². The fourth-order valence-electron chi connectivity index (χ4n) is 4.03. The van der Waals surface area contributed by atoms with Crippen LogP contribution in [0.3, 0.4) is 0 Å². The van der Waals surface area contributed by atoms with E-state index in [1.165, 1.54) is 18.4 Å². The van der Waals surface area contributed by atoms with Gasteiger partial charge in [0.1, 0.15) is 13.2 Å². The largest absolute Gasteiger partial charge is 0.486 e. The predicted molar refractivity (Wildman–Crippen MR) is 82.6 cm³/mol. The molecular formula is C18H23NO2. The number of hydrogen-bond donors (Lipinski definition) is 1.